The van der Waals surface area contributed by atoms with E-state index in [-0.39, 0.29) is 0 Å². The molecule has 0 unspecified atom stereocenters. The second kappa shape index (κ2) is 7.70. The van der Waals surface area contributed by atoms with E-state index in [1.807, 2.05) is 5.38 Å². The van der Waals surface area contributed by atoms with Crippen LogP contribution in [-0.2, 0) is 6.42 Å². The van der Waals surface area contributed by atoms with Gasteiger partial charge < -0.3 is 9.47 Å². The van der Waals surface area contributed by atoms with Crippen molar-refractivity contribution in [2.24, 2.45) is 0 Å². The SMILES string of the molecule is CCCOc1ccc(C=O)c(OCCc2ccsc2)c1. The number of ether oxygens (including phenoxy) is 2. The lowest BCUT2D eigenvalue weighted by atomic mass is 10.2. The van der Waals surface area contributed by atoms with E-state index in [0.29, 0.717) is 24.5 Å². The van der Waals surface area contributed by atoms with Crippen LogP contribution in [-0.4, -0.2) is 19.5 Å². The van der Waals surface area contributed by atoms with Crippen molar-refractivity contribution in [1.82, 2.24) is 0 Å². The maximum absolute atomic E-state index is 11.0. The summed E-state index contributed by atoms with van der Waals surface area (Å²) in [5.74, 6) is 1.33. The van der Waals surface area contributed by atoms with Gasteiger partial charge in [-0.2, -0.15) is 11.3 Å². The average Bonchev–Trinajstić information content (AvgIpc) is 2.98. The van der Waals surface area contributed by atoms with Crippen LogP contribution in [0.2, 0.25) is 0 Å². The summed E-state index contributed by atoms with van der Waals surface area (Å²) in [5, 5.41) is 4.15. The van der Waals surface area contributed by atoms with Gasteiger partial charge in [0.05, 0.1) is 18.8 Å². The Bertz CT molecular complexity index is 535. The second-order valence-electron chi connectivity index (χ2n) is 4.40. The molecule has 106 valence electrons. The molecule has 1 heterocycles. The highest BCUT2D eigenvalue weighted by Gasteiger charge is 2.06. The van der Waals surface area contributed by atoms with Crippen molar-refractivity contribution in [1.29, 1.82) is 0 Å². The fourth-order valence-electron chi connectivity index (χ4n) is 1.76. The Balaban J connectivity index is 1.98. The molecule has 0 aliphatic carbocycles. The van der Waals surface area contributed by atoms with Gasteiger partial charge in [0.2, 0.25) is 0 Å². The van der Waals surface area contributed by atoms with Gasteiger partial charge in [0, 0.05) is 12.5 Å². The lowest BCUT2D eigenvalue weighted by Gasteiger charge is -2.11. The van der Waals surface area contributed by atoms with Crippen LogP contribution in [0, 0.1) is 0 Å². The lowest BCUT2D eigenvalue weighted by Crippen LogP contribution is -2.03. The van der Waals surface area contributed by atoms with E-state index in [1.54, 1.807) is 29.5 Å². The molecule has 4 heteroatoms. The van der Waals surface area contributed by atoms with Crippen LogP contribution < -0.4 is 9.47 Å². The van der Waals surface area contributed by atoms with E-state index >= 15 is 0 Å². The van der Waals surface area contributed by atoms with Gasteiger partial charge >= 0.3 is 0 Å². The van der Waals surface area contributed by atoms with Gasteiger partial charge in [-0.3, -0.25) is 4.79 Å². The summed E-state index contributed by atoms with van der Waals surface area (Å²) in [6.45, 7) is 3.27. The maximum Gasteiger partial charge on any atom is 0.153 e. The normalized spacial score (nSPS) is 10.2. The minimum Gasteiger partial charge on any atom is -0.493 e. The molecule has 1 aromatic heterocycles. The molecule has 0 radical (unpaired) electrons. The van der Waals surface area contributed by atoms with Gasteiger partial charge in [0.1, 0.15) is 11.5 Å². The van der Waals surface area contributed by atoms with Gasteiger partial charge in [-0.05, 0) is 40.9 Å². The van der Waals surface area contributed by atoms with Crippen molar-refractivity contribution >= 4 is 17.6 Å². The number of hydrogen-bond donors (Lipinski definition) is 0. The number of carbonyl (C=O) groups excluding carboxylic acids is 1. The zero-order valence-corrected chi connectivity index (χ0v) is 12.3. The van der Waals surface area contributed by atoms with Crippen LogP contribution in [0.1, 0.15) is 29.3 Å². The number of rotatable bonds is 8. The summed E-state index contributed by atoms with van der Waals surface area (Å²) in [4.78, 5) is 11.0. The first kappa shape index (κ1) is 14.6. The molecular weight excluding hydrogens is 272 g/mol. The van der Waals surface area contributed by atoms with Crippen LogP contribution in [0.25, 0.3) is 0 Å². The molecule has 3 nitrogen and oxygen atoms in total. The highest BCUT2D eigenvalue weighted by molar-refractivity contribution is 7.07. The third-order valence-corrected chi connectivity index (χ3v) is 3.55. The Labute approximate surface area is 123 Å². The van der Waals surface area contributed by atoms with Crippen molar-refractivity contribution in [3.63, 3.8) is 0 Å². The first-order valence-electron chi connectivity index (χ1n) is 6.69. The molecule has 0 spiro atoms. The Hall–Kier alpha value is -1.81. The zero-order chi connectivity index (χ0) is 14.2. The zero-order valence-electron chi connectivity index (χ0n) is 11.5. The minimum absolute atomic E-state index is 0.550. The van der Waals surface area contributed by atoms with Gasteiger partial charge in [-0.1, -0.05) is 6.92 Å². The highest BCUT2D eigenvalue weighted by atomic mass is 32.1. The van der Waals surface area contributed by atoms with E-state index in [2.05, 4.69) is 18.4 Å². The third-order valence-electron chi connectivity index (χ3n) is 2.81. The molecule has 0 aliphatic heterocycles. The van der Waals surface area contributed by atoms with Crippen LogP contribution in [0.3, 0.4) is 0 Å². The van der Waals surface area contributed by atoms with Gasteiger partial charge in [-0.15, -0.1) is 0 Å². The fourth-order valence-corrected chi connectivity index (χ4v) is 2.46. The molecule has 0 bridgehead atoms. The van der Waals surface area contributed by atoms with Crippen LogP contribution in [0.15, 0.2) is 35.0 Å². The Morgan fingerprint density at radius 3 is 2.80 bits per heavy atom. The van der Waals surface area contributed by atoms with E-state index in [0.717, 1.165) is 24.9 Å². The summed E-state index contributed by atoms with van der Waals surface area (Å²) in [6.07, 6.45) is 2.59. The summed E-state index contributed by atoms with van der Waals surface area (Å²) in [7, 11) is 0. The van der Waals surface area contributed by atoms with E-state index in [9.17, 15) is 4.79 Å². The van der Waals surface area contributed by atoms with Crippen LogP contribution >= 0.6 is 11.3 Å². The highest BCUT2D eigenvalue weighted by Crippen LogP contribution is 2.24. The molecule has 0 aliphatic rings. The third kappa shape index (κ3) is 4.10. The van der Waals surface area contributed by atoms with Gasteiger partial charge in [-0.25, -0.2) is 0 Å². The summed E-state index contributed by atoms with van der Waals surface area (Å²) in [5.41, 5.74) is 1.81. The molecular formula is C16H18O3S. The van der Waals surface area contributed by atoms with E-state index in [1.165, 1.54) is 5.56 Å². The molecule has 2 aromatic rings. The molecule has 0 amide bonds. The topological polar surface area (TPSA) is 35.5 Å². The Kier molecular flexibility index (Phi) is 5.62. The summed E-state index contributed by atoms with van der Waals surface area (Å²) >= 11 is 1.67. The second-order valence-corrected chi connectivity index (χ2v) is 5.18. The number of aldehydes is 1. The maximum atomic E-state index is 11.0. The van der Waals surface area contributed by atoms with Crippen LogP contribution in [0.5, 0.6) is 11.5 Å². The molecule has 0 atom stereocenters. The number of carbonyl (C=O) groups is 1. The van der Waals surface area contributed by atoms with Crippen LogP contribution in [0.4, 0.5) is 0 Å². The monoisotopic (exact) mass is 290 g/mol. The predicted octanol–water partition coefficient (Wildman–Crippen LogP) is 3.97. The Morgan fingerprint density at radius 1 is 1.20 bits per heavy atom. The van der Waals surface area contributed by atoms with Crippen molar-refractivity contribution in [3.05, 3.63) is 46.2 Å². The van der Waals surface area contributed by atoms with Crippen molar-refractivity contribution in [3.8, 4) is 11.5 Å². The smallest absolute Gasteiger partial charge is 0.153 e. The predicted molar refractivity (Wildman–Crippen MR) is 81.1 cm³/mol. The molecule has 0 fully saturated rings. The lowest BCUT2D eigenvalue weighted by molar-refractivity contribution is 0.111. The quantitative estimate of drug-likeness (QED) is 0.690. The fraction of sp³-hybridized carbons (Fsp3) is 0.312. The number of thiophene rings is 1. The summed E-state index contributed by atoms with van der Waals surface area (Å²) in [6, 6.07) is 7.39. The van der Waals surface area contributed by atoms with E-state index < -0.39 is 0 Å². The molecule has 1 aromatic carbocycles. The minimum atomic E-state index is 0.550. The van der Waals surface area contributed by atoms with Crippen molar-refractivity contribution in [2.45, 2.75) is 19.8 Å². The molecule has 0 N–H and O–H groups in total. The van der Waals surface area contributed by atoms with Crippen molar-refractivity contribution < 1.29 is 14.3 Å². The Morgan fingerprint density at radius 2 is 2.10 bits per heavy atom. The molecule has 20 heavy (non-hydrogen) atoms. The first-order chi connectivity index (χ1) is 9.83. The van der Waals surface area contributed by atoms with E-state index in [4.69, 9.17) is 9.47 Å². The molecule has 0 saturated heterocycles. The van der Waals surface area contributed by atoms with Gasteiger partial charge in [0.25, 0.3) is 0 Å². The molecule has 2 rings (SSSR count). The van der Waals surface area contributed by atoms with Crippen molar-refractivity contribution in [2.75, 3.05) is 13.2 Å². The largest absolute Gasteiger partial charge is 0.493 e. The number of hydrogen-bond acceptors (Lipinski definition) is 4. The van der Waals surface area contributed by atoms with Gasteiger partial charge in [0.15, 0.2) is 6.29 Å². The molecule has 0 saturated carbocycles. The standard InChI is InChI=1S/C16H18O3S/c1-2-7-18-15-4-3-14(11-17)16(10-15)19-8-5-13-6-9-20-12-13/h3-4,6,9-12H,2,5,7-8H2,1H3. The number of benzene rings is 1. The summed E-state index contributed by atoms with van der Waals surface area (Å²) < 4.78 is 11.3. The average molecular weight is 290 g/mol. The first-order valence-corrected chi connectivity index (χ1v) is 7.63.